The molecule has 0 aliphatic heterocycles. The minimum atomic E-state index is -0.585. The maximum atomic E-state index is 13.0. The second kappa shape index (κ2) is 6.69. The Balaban J connectivity index is 2.94. The average molecular weight is 379 g/mol. The molecule has 0 bridgehead atoms. The van der Waals surface area contributed by atoms with Crippen LogP contribution in [0.1, 0.15) is 24.2 Å². The molecule has 0 fully saturated rings. The van der Waals surface area contributed by atoms with Crippen molar-refractivity contribution in [1.82, 2.24) is 5.32 Å². The lowest BCUT2D eigenvalue weighted by molar-refractivity contribution is 0.0938. The lowest BCUT2D eigenvalue weighted by Crippen LogP contribution is -2.48. The zero-order valence-electron chi connectivity index (χ0n) is 10.5. The van der Waals surface area contributed by atoms with Crippen LogP contribution in [0.3, 0.4) is 0 Å². The molecule has 5 nitrogen and oxygen atoms in total. The molecule has 0 spiro atoms. The number of hydrogen-bond donors (Lipinski definition) is 3. The number of nitrogens with two attached hydrogens (primary N) is 1. The molecule has 0 saturated heterocycles. The normalized spacial score (nSPS) is 13.4. The summed E-state index contributed by atoms with van der Waals surface area (Å²) < 4.78 is 13.5. The first kappa shape index (κ1) is 15.7. The number of carbonyl (C=O) groups is 1. The summed E-state index contributed by atoms with van der Waals surface area (Å²) in [4.78, 5) is 12.1. The molecule has 0 heterocycles. The summed E-state index contributed by atoms with van der Waals surface area (Å²) in [5, 5.41) is 14.3. The summed E-state index contributed by atoms with van der Waals surface area (Å²) in [6, 6.07) is 3.29. The van der Waals surface area contributed by atoms with Gasteiger partial charge in [0.15, 0.2) is 5.84 Å². The molecule has 1 unspecified atom stereocenters. The van der Waals surface area contributed by atoms with Crippen molar-refractivity contribution in [3.8, 4) is 0 Å². The first-order valence-electron chi connectivity index (χ1n) is 5.60. The van der Waals surface area contributed by atoms with E-state index in [9.17, 15) is 9.18 Å². The number of amidine groups is 1. The van der Waals surface area contributed by atoms with Crippen LogP contribution in [0, 0.1) is 15.3 Å². The van der Waals surface area contributed by atoms with Crippen molar-refractivity contribution in [2.24, 2.45) is 16.8 Å². The van der Waals surface area contributed by atoms with E-state index in [1.165, 1.54) is 18.2 Å². The van der Waals surface area contributed by atoms with Crippen LogP contribution >= 0.6 is 22.6 Å². The monoisotopic (exact) mass is 379 g/mol. The maximum Gasteiger partial charge on any atom is 0.252 e. The van der Waals surface area contributed by atoms with E-state index in [-0.39, 0.29) is 11.8 Å². The molecule has 0 radical (unpaired) electrons. The predicted octanol–water partition coefficient (Wildman–Crippen LogP) is 1.93. The van der Waals surface area contributed by atoms with E-state index in [1.807, 2.05) is 36.4 Å². The van der Waals surface area contributed by atoms with Gasteiger partial charge in [0.25, 0.3) is 5.91 Å². The topological polar surface area (TPSA) is 87.7 Å². The van der Waals surface area contributed by atoms with Gasteiger partial charge in [0.05, 0.1) is 11.6 Å². The van der Waals surface area contributed by atoms with E-state index < -0.39 is 17.8 Å². The molecular formula is C12H15FIN3O2. The van der Waals surface area contributed by atoms with Gasteiger partial charge in [0.2, 0.25) is 0 Å². The van der Waals surface area contributed by atoms with Gasteiger partial charge in [-0.3, -0.25) is 4.79 Å². The number of hydrogen-bond acceptors (Lipinski definition) is 3. The molecule has 7 heteroatoms. The number of nitrogens with one attached hydrogen (secondary N) is 1. The summed E-state index contributed by atoms with van der Waals surface area (Å²) in [5.41, 5.74) is 5.88. The van der Waals surface area contributed by atoms with Gasteiger partial charge in [0.1, 0.15) is 5.82 Å². The van der Waals surface area contributed by atoms with E-state index in [4.69, 9.17) is 10.9 Å². The maximum absolute atomic E-state index is 13.0. The Morgan fingerprint density at radius 1 is 1.53 bits per heavy atom. The quantitative estimate of drug-likeness (QED) is 0.246. The number of oxime groups is 1. The van der Waals surface area contributed by atoms with Crippen molar-refractivity contribution in [2.45, 2.75) is 19.9 Å². The Morgan fingerprint density at radius 2 is 2.16 bits per heavy atom. The third-order valence-electron chi connectivity index (χ3n) is 2.56. The zero-order valence-corrected chi connectivity index (χ0v) is 12.7. The largest absolute Gasteiger partial charge is 0.409 e. The molecule has 0 aliphatic rings. The molecule has 1 aromatic rings. The van der Waals surface area contributed by atoms with E-state index >= 15 is 0 Å². The number of carbonyl (C=O) groups excluding carboxylic acids is 1. The van der Waals surface area contributed by atoms with Crippen LogP contribution in [0.4, 0.5) is 4.39 Å². The van der Waals surface area contributed by atoms with Crippen LogP contribution in [0.2, 0.25) is 0 Å². The highest BCUT2D eigenvalue weighted by atomic mass is 127. The summed E-state index contributed by atoms with van der Waals surface area (Å²) in [6.07, 6.45) is 0. The molecule has 1 atom stereocenters. The van der Waals surface area contributed by atoms with Gasteiger partial charge in [-0.25, -0.2) is 4.39 Å². The Labute approximate surface area is 124 Å². The molecule has 4 N–H and O–H groups in total. The van der Waals surface area contributed by atoms with Gasteiger partial charge >= 0.3 is 0 Å². The first-order valence-corrected chi connectivity index (χ1v) is 6.68. The van der Waals surface area contributed by atoms with Gasteiger partial charge in [-0.05, 0) is 46.7 Å². The van der Waals surface area contributed by atoms with Crippen molar-refractivity contribution in [3.05, 3.63) is 33.1 Å². The highest BCUT2D eigenvalue weighted by Crippen LogP contribution is 2.14. The van der Waals surface area contributed by atoms with E-state index in [2.05, 4.69) is 10.5 Å². The Bertz CT molecular complexity index is 506. The fourth-order valence-electron chi connectivity index (χ4n) is 1.54. The Morgan fingerprint density at radius 3 is 2.63 bits per heavy atom. The number of nitrogens with zero attached hydrogens (tertiary/aromatic N) is 1. The standard InChI is InChI=1S/C12H15FIN3O2/c1-6(2)10(11(15)17-19)16-12(18)8-4-3-7(13)5-9(8)14/h3-6,10,19H,1-2H3,(H2,15,17)(H,16,18). The van der Waals surface area contributed by atoms with E-state index in [0.29, 0.717) is 9.13 Å². The lowest BCUT2D eigenvalue weighted by Gasteiger charge is -2.21. The number of amides is 1. The van der Waals surface area contributed by atoms with Crippen LogP contribution in [0.5, 0.6) is 0 Å². The Hall–Kier alpha value is -1.38. The highest BCUT2D eigenvalue weighted by Gasteiger charge is 2.22. The molecule has 104 valence electrons. The van der Waals surface area contributed by atoms with Crippen molar-refractivity contribution < 1.29 is 14.4 Å². The van der Waals surface area contributed by atoms with Gasteiger partial charge in [-0.15, -0.1) is 0 Å². The summed E-state index contributed by atoms with van der Waals surface area (Å²) in [7, 11) is 0. The number of rotatable bonds is 4. The third kappa shape index (κ3) is 4.05. The average Bonchev–Trinajstić information content (AvgIpc) is 2.34. The van der Waals surface area contributed by atoms with Gasteiger partial charge in [0, 0.05) is 3.57 Å². The van der Waals surface area contributed by atoms with Crippen LogP contribution in [-0.4, -0.2) is 23.0 Å². The third-order valence-corrected chi connectivity index (χ3v) is 3.46. The molecule has 1 amide bonds. The zero-order chi connectivity index (χ0) is 14.6. The Kier molecular flexibility index (Phi) is 5.52. The van der Waals surface area contributed by atoms with E-state index in [0.717, 1.165) is 0 Å². The van der Waals surface area contributed by atoms with Gasteiger partial charge < -0.3 is 16.3 Å². The van der Waals surface area contributed by atoms with Crippen molar-refractivity contribution in [1.29, 1.82) is 0 Å². The van der Waals surface area contributed by atoms with Gasteiger partial charge in [-0.1, -0.05) is 19.0 Å². The fraction of sp³-hybridized carbons (Fsp3) is 0.333. The molecule has 0 saturated carbocycles. The molecule has 1 aromatic carbocycles. The molecule has 19 heavy (non-hydrogen) atoms. The van der Waals surface area contributed by atoms with E-state index in [1.54, 1.807) is 0 Å². The minimum absolute atomic E-state index is 0.0436. The summed E-state index contributed by atoms with van der Waals surface area (Å²) in [5.74, 6) is -0.911. The second-order valence-corrected chi connectivity index (χ2v) is 5.51. The fourth-order valence-corrected chi connectivity index (χ4v) is 2.26. The van der Waals surface area contributed by atoms with Crippen LogP contribution in [0.15, 0.2) is 23.4 Å². The van der Waals surface area contributed by atoms with Crippen molar-refractivity contribution in [2.75, 3.05) is 0 Å². The number of halogens is 2. The van der Waals surface area contributed by atoms with Crippen molar-refractivity contribution in [3.63, 3.8) is 0 Å². The van der Waals surface area contributed by atoms with Crippen LogP contribution < -0.4 is 11.1 Å². The SMILES string of the molecule is CC(C)C(NC(=O)c1ccc(F)cc1I)/C(N)=N/O. The van der Waals surface area contributed by atoms with Crippen molar-refractivity contribution >= 4 is 34.3 Å². The van der Waals surface area contributed by atoms with Crippen LogP contribution in [-0.2, 0) is 0 Å². The minimum Gasteiger partial charge on any atom is -0.409 e. The van der Waals surface area contributed by atoms with Gasteiger partial charge in [-0.2, -0.15) is 0 Å². The number of benzene rings is 1. The molecular weight excluding hydrogens is 364 g/mol. The summed E-state index contributed by atoms with van der Waals surface area (Å²) >= 11 is 1.88. The summed E-state index contributed by atoms with van der Waals surface area (Å²) in [6.45, 7) is 3.66. The molecule has 0 aliphatic carbocycles. The highest BCUT2D eigenvalue weighted by molar-refractivity contribution is 14.1. The smallest absolute Gasteiger partial charge is 0.252 e. The molecule has 0 aromatic heterocycles. The predicted molar refractivity (Wildman–Crippen MR) is 78.6 cm³/mol. The molecule has 1 rings (SSSR count). The lowest BCUT2D eigenvalue weighted by atomic mass is 10.0. The van der Waals surface area contributed by atoms with Crippen LogP contribution in [0.25, 0.3) is 0 Å². The second-order valence-electron chi connectivity index (χ2n) is 4.34. The first-order chi connectivity index (χ1) is 8.86.